The van der Waals surface area contributed by atoms with Gasteiger partial charge in [-0.05, 0) is 12.1 Å². The summed E-state index contributed by atoms with van der Waals surface area (Å²) in [6.07, 6.45) is -2.89. The van der Waals surface area contributed by atoms with Crippen LogP contribution in [0.15, 0.2) is 23.1 Å². The quantitative estimate of drug-likeness (QED) is 0.575. The summed E-state index contributed by atoms with van der Waals surface area (Å²) in [5.41, 5.74) is 0. The van der Waals surface area contributed by atoms with Crippen LogP contribution in [0, 0.1) is 11.6 Å². The fraction of sp³-hybridized carbons (Fsp3) is 0.400. The molecule has 0 N–H and O–H groups in total. The number of rotatable bonds is 6. The Hall–Kier alpha value is -0.670. The van der Waals surface area contributed by atoms with Gasteiger partial charge in [-0.1, -0.05) is 15.9 Å². The maximum absolute atomic E-state index is 13.4. The Morgan fingerprint density at radius 2 is 1.89 bits per heavy atom. The second-order valence-electron chi connectivity index (χ2n) is 3.52. The van der Waals surface area contributed by atoms with Gasteiger partial charge in [0, 0.05) is 17.9 Å². The van der Waals surface area contributed by atoms with Gasteiger partial charge in [0.25, 0.3) is 6.43 Å². The van der Waals surface area contributed by atoms with Crippen LogP contribution in [0.3, 0.4) is 0 Å². The van der Waals surface area contributed by atoms with E-state index in [1.165, 1.54) is 0 Å². The summed E-state index contributed by atoms with van der Waals surface area (Å²) in [6, 6.07) is 1.86. The molecule has 0 aromatic heterocycles. The fourth-order valence-corrected chi connectivity index (χ4v) is 3.51. The summed E-state index contributed by atoms with van der Waals surface area (Å²) in [7, 11) is -4.42. The third-order valence-electron chi connectivity index (χ3n) is 2.19. The molecule has 0 atom stereocenters. The summed E-state index contributed by atoms with van der Waals surface area (Å²) in [4.78, 5) is -0.824. The van der Waals surface area contributed by atoms with E-state index in [0.29, 0.717) is 16.4 Å². The highest BCUT2D eigenvalue weighted by molar-refractivity contribution is 9.09. The molecular formula is C10H10BrF4NO2S. The number of alkyl halides is 3. The third kappa shape index (κ3) is 4.15. The Kier molecular flexibility index (Phi) is 5.75. The van der Waals surface area contributed by atoms with E-state index in [4.69, 9.17) is 0 Å². The molecule has 1 aromatic carbocycles. The minimum absolute atomic E-state index is 0.113. The van der Waals surface area contributed by atoms with Crippen LogP contribution in [0.25, 0.3) is 0 Å². The average Bonchev–Trinajstić information content (AvgIpc) is 2.27. The van der Waals surface area contributed by atoms with Gasteiger partial charge in [-0.25, -0.2) is 26.0 Å². The summed E-state index contributed by atoms with van der Waals surface area (Å²) in [6.45, 7) is -1.30. The molecule has 0 aliphatic carbocycles. The van der Waals surface area contributed by atoms with Crippen LogP contribution < -0.4 is 0 Å². The van der Waals surface area contributed by atoms with Gasteiger partial charge in [-0.15, -0.1) is 0 Å². The highest BCUT2D eigenvalue weighted by Gasteiger charge is 2.29. The lowest BCUT2D eigenvalue weighted by atomic mass is 10.3. The SMILES string of the molecule is O=S(=O)(c1ccc(F)cc1F)N(CCBr)CC(F)F. The van der Waals surface area contributed by atoms with Crippen LogP contribution in [0.2, 0.25) is 0 Å². The second-order valence-corrected chi connectivity index (χ2v) is 6.22. The fourth-order valence-electron chi connectivity index (χ4n) is 1.38. The van der Waals surface area contributed by atoms with Crippen LogP contribution in [0.4, 0.5) is 17.6 Å². The molecule has 0 unspecified atom stereocenters. The molecule has 108 valence electrons. The van der Waals surface area contributed by atoms with Crippen LogP contribution >= 0.6 is 15.9 Å². The molecule has 0 spiro atoms. The summed E-state index contributed by atoms with van der Waals surface area (Å²) >= 11 is 2.93. The van der Waals surface area contributed by atoms with E-state index in [0.717, 1.165) is 6.07 Å². The average molecular weight is 364 g/mol. The highest BCUT2D eigenvalue weighted by atomic mass is 79.9. The molecule has 3 nitrogen and oxygen atoms in total. The minimum Gasteiger partial charge on any atom is -0.209 e. The van der Waals surface area contributed by atoms with Gasteiger partial charge in [0.15, 0.2) is 0 Å². The van der Waals surface area contributed by atoms with Gasteiger partial charge in [0.05, 0.1) is 6.54 Å². The zero-order chi connectivity index (χ0) is 14.6. The van der Waals surface area contributed by atoms with Gasteiger partial charge in [-0.2, -0.15) is 4.31 Å². The second kappa shape index (κ2) is 6.67. The molecular weight excluding hydrogens is 354 g/mol. The smallest absolute Gasteiger partial charge is 0.209 e. The van der Waals surface area contributed by atoms with E-state index in [-0.39, 0.29) is 11.9 Å². The first-order valence-corrected chi connectivity index (χ1v) is 7.64. The summed E-state index contributed by atoms with van der Waals surface area (Å²) in [5, 5.41) is 0.113. The van der Waals surface area contributed by atoms with Crippen LogP contribution in [-0.4, -0.2) is 37.6 Å². The van der Waals surface area contributed by atoms with Crippen molar-refractivity contribution in [1.29, 1.82) is 0 Å². The Labute approximate surface area is 116 Å². The number of halogens is 5. The first-order valence-electron chi connectivity index (χ1n) is 5.08. The molecule has 0 heterocycles. The molecule has 0 fully saturated rings. The topological polar surface area (TPSA) is 37.4 Å². The van der Waals surface area contributed by atoms with Crippen molar-refractivity contribution in [2.75, 3.05) is 18.4 Å². The molecule has 1 rings (SSSR count). The van der Waals surface area contributed by atoms with E-state index in [9.17, 15) is 26.0 Å². The van der Waals surface area contributed by atoms with Crippen molar-refractivity contribution in [2.24, 2.45) is 0 Å². The highest BCUT2D eigenvalue weighted by Crippen LogP contribution is 2.21. The predicted molar refractivity (Wildman–Crippen MR) is 64.9 cm³/mol. The molecule has 0 aliphatic rings. The molecule has 9 heteroatoms. The Balaban J connectivity index is 3.18. The van der Waals surface area contributed by atoms with E-state index in [2.05, 4.69) is 15.9 Å². The van der Waals surface area contributed by atoms with Crippen LogP contribution in [0.1, 0.15) is 0 Å². The van der Waals surface area contributed by atoms with Crippen LogP contribution in [-0.2, 0) is 10.0 Å². The minimum atomic E-state index is -4.42. The molecule has 1 aromatic rings. The first kappa shape index (κ1) is 16.4. The lowest BCUT2D eigenvalue weighted by molar-refractivity contribution is 0.121. The van der Waals surface area contributed by atoms with Crippen molar-refractivity contribution in [2.45, 2.75) is 11.3 Å². The van der Waals surface area contributed by atoms with E-state index >= 15 is 0 Å². The van der Waals surface area contributed by atoms with Crippen molar-refractivity contribution < 1.29 is 26.0 Å². The lowest BCUT2D eigenvalue weighted by Gasteiger charge is -2.21. The summed E-state index contributed by atoms with van der Waals surface area (Å²) in [5.74, 6) is -2.26. The van der Waals surface area contributed by atoms with Crippen molar-refractivity contribution in [3.8, 4) is 0 Å². The zero-order valence-electron chi connectivity index (χ0n) is 9.49. The normalized spacial score (nSPS) is 12.4. The molecule has 0 saturated heterocycles. The van der Waals surface area contributed by atoms with E-state index in [1.54, 1.807) is 0 Å². The third-order valence-corrected chi connectivity index (χ3v) is 4.44. The van der Waals surface area contributed by atoms with E-state index in [1.807, 2.05) is 0 Å². The number of nitrogens with zero attached hydrogens (tertiary/aromatic N) is 1. The predicted octanol–water partition coefficient (Wildman–Crippen LogP) is 2.62. The molecule has 0 saturated carbocycles. The van der Waals surface area contributed by atoms with Crippen molar-refractivity contribution in [3.05, 3.63) is 29.8 Å². The maximum atomic E-state index is 13.4. The van der Waals surface area contributed by atoms with Crippen molar-refractivity contribution >= 4 is 26.0 Å². The Morgan fingerprint density at radius 3 is 2.37 bits per heavy atom. The standard InChI is InChI=1S/C10H10BrF4NO2S/c11-3-4-16(6-10(14)15)19(17,18)9-2-1-7(12)5-8(9)13/h1-2,5,10H,3-4,6H2. The number of benzene rings is 1. The van der Waals surface area contributed by atoms with Crippen LogP contribution in [0.5, 0.6) is 0 Å². The first-order chi connectivity index (χ1) is 8.78. The maximum Gasteiger partial charge on any atom is 0.252 e. The number of hydrogen-bond donors (Lipinski definition) is 0. The molecule has 0 amide bonds. The van der Waals surface area contributed by atoms with Crippen molar-refractivity contribution in [1.82, 2.24) is 4.31 Å². The zero-order valence-corrected chi connectivity index (χ0v) is 11.9. The Morgan fingerprint density at radius 1 is 1.26 bits per heavy atom. The molecule has 0 radical (unpaired) electrons. The van der Waals surface area contributed by atoms with Gasteiger partial charge >= 0.3 is 0 Å². The molecule has 19 heavy (non-hydrogen) atoms. The Bertz CT molecular complexity index is 538. The molecule has 0 bridgehead atoms. The monoisotopic (exact) mass is 363 g/mol. The van der Waals surface area contributed by atoms with Gasteiger partial charge in [0.2, 0.25) is 10.0 Å². The van der Waals surface area contributed by atoms with E-state index < -0.39 is 39.5 Å². The number of sulfonamides is 1. The summed E-state index contributed by atoms with van der Waals surface area (Å²) < 4.78 is 75.3. The number of hydrogen-bond acceptors (Lipinski definition) is 2. The van der Waals surface area contributed by atoms with Gasteiger partial charge in [-0.3, -0.25) is 0 Å². The van der Waals surface area contributed by atoms with Gasteiger partial charge < -0.3 is 0 Å². The lowest BCUT2D eigenvalue weighted by Crippen LogP contribution is -2.37. The molecule has 0 aliphatic heterocycles. The van der Waals surface area contributed by atoms with Gasteiger partial charge in [0.1, 0.15) is 16.5 Å². The van der Waals surface area contributed by atoms with Crippen molar-refractivity contribution in [3.63, 3.8) is 0 Å². The largest absolute Gasteiger partial charge is 0.252 e.